The molecule has 1 aliphatic carbocycles. The van der Waals surface area contributed by atoms with Gasteiger partial charge in [0.1, 0.15) is 22.9 Å². The van der Waals surface area contributed by atoms with E-state index in [4.69, 9.17) is 4.74 Å². The fourth-order valence-electron chi connectivity index (χ4n) is 4.96. The Labute approximate surface area is 197 Å². The fraction of sp³-hybridized carbons (Fsp3) is 0.520. The van der Waals surface area contributed by atoms with Gasteiger partial charge in [0.25, 0.3) is 0 Å². The molecule has 10 heteroatoms. The molecule has 192 valence electrons. The van der Waals surface area contributed by atoms with Crippen LogP contribution < -0.4 is 4.74 Å². The van der Waals surface area contributed by atoms with E-state index < -0.39 is 52.1 Å². The molecule has 0 radical (unpaired) electrons. The monoisotopic (exact) mass is 506 g/mol. The van der Waals surface area contributed by atoms with E-state index >= 15 is 0 Å². The Hall–Kier alpha value is -2.33. The number of ether oxygens (including phenoxy) is 2. The van der Waals surface area contributed by atoms with Crippen LogP contribution in [-0.2, 0) is 16.4 Å². The summed E-state index contributed by atoms with van der Waals surface area (Å²) in [6, 6.07) is 1.49. The van der Waals surface area contributed by atoms with E-state index in [9.17, 15) is 35.8 Å². The summed E-state index contributed by atoms with van der Waals surface area (Å²) in [4.78, 5) is 0. The third-order valence-corrected chi connectivity index (χ3v) is 7.00. The highest BCUT2D eigenvalue weighted by atomic mass is 19.3. The highest BCUT2D eigenvalue weighted by Gasteiger charge is 2.44. The Bertz CT molecular complexity index is 1030. The summed E-state index contributed by atoms with van der Waals surface area (Å²) < 4.78 is 108. The molecule has 3 nitrogen and oxygen atoms in total. The maximum absolute atomic E-state index is 14.7. The Morgan fingerprint density at radius 1 is 0.886 bits per heavy atom. The van der Waals surface area contributed by atoms with Crippen LogP contribution in [0.15, 0.2) is 24.3 Å². The molecule has 2 fully saturated rings. The lowest BCUT2D eigenvalue weighted by molar-refractivity contribution is -0.189. The van der Waals surface area contributed by atoms with Gasteiger partial charge in [-0.15, -0.1) is 0 Å². The summed E-state index contributed by atoms with van der Waals surface area (Å²) in [6.07, 6.45) is -1.25. The molecule has 1 N–H and O–H groups in total. The molecule has 2 aromatic rings. The zero-order chi connectivity index (χ0) is 25.5. The van der Waals surface area contributed by atoms with Crippen molar-refractivity contribution < 1.29 is 45.3 Å². The third kappa shape index (κ3) is 5.28. The number of alkyl halides is 2. The number of rotatable bonds is 5. The molecule has 35 heavy (non-hydrogen) atoms. The third-order valence-electron chi connectivity index (χ3n) is 7.00. The molecule has 1 heterocycles. The van der Waals surface area contributed by atoms with Gasteiger partial charge in [-0.05, 0) is 68.1 Å². The van der Waals surface area contributed by atoms with Crippen molar-refractivity contribution >= 4 is 0 Å². The average Bonchev–Trinajstić information content (AvgIpc) is 2.77. The van der Waals surface area contributed by atoms with Crippen molar-refractivity contribution in [2.24, 2.45) is 11.8 Å². The standard InChI is InChI=1S/C25H25F7O3/c1-13-2-3-21(34-12-13)14-4-6-24(33,7-5-14)15-8-17(26)22(18(27)9-15)25(31,32)35-16-10-19(28)23(30)20(29)11-16/h8-11,13-14,21,33H,2-7,12H2,1H3. The van der Waals surface area contributed by atoms with Gasteiger partial charge in [0, 0.05) is 18.7 Å². The Morgan fingerprint density at radius 2 is 1.46 bits per heavy atom. The zero-order valence-electron chi connectivity index (χ0n) is 18.9. The molecule has 2 aliphatic rings. The molecular formula is C25H25F7O3. The van der Waals surface area contributed by atoms with Gasteiger partial charge in [0.2, 0.25) is 0 Å². The zero-order valence-corrected chi connectivity index (χ0v) is 18.9. The summed E-state index contributed by atoms with van der Waals surface area (Å²) in [6.45, 7) is 2.77. The predicted molar refractivity (Wildman–Crippen MR) is 111 cm³/mol. The molecular weight excluding hydrogens is 481 g/mol. The molecule has 0 bridgehead atoms. The lowest BCUT2D eigenvalue weighted by Crippen LogP contribution is -2.38. The summed E-state index contributed by atoms with van der Waals surface area (Å²) in [5.41, 5.74) is -3.60. The molecule has 1 saturated heterocycles. The molecule has 0 spiro atoms. The normalized spacial score (nSPS) is 27.6. The Kier molecular flexibility index (Phi) is 7.07. The number of halogens is 7. The first-order valence-electron chi connectivity index (χ1n) is 11.4. The van der Waals surface area contributed by atoms with Crippen LogP contribution in [0.3, 0.4) is 0 Å². The van der Waals surface area contributed by atoms with Crippen molar-refractivity contribution in [2.45, 2.75) is 63.3 Å². The van der Waals surface area contributed by atoms with Crippen molar-refractivity contribution in [1.29, 1.82) is 0 Å². The van der Waals surface area contributed by atoms with Crippen LogP contribution >= 0.6 is 0 Å². The van der Waals surface area contributed by atoms with Crippen molar-refractivity contribution in [3.05, 3.63) is 64.5 Å². The number of aliphatic hydroxyl groups is 1. The van der Waals surface area contributed by atoms with E-state index in [0.29, 0.717) is 37.5 Å². The highest BCUT2D eigenvalue weighted by molar-refractivity contribution is 5.34. The number of hydrogen-bond acceptors (Lipinski definition) is 3. The van der Waals surface area contributed by atoms with Gasteiger partial charge >= 0.3 is 6.11 Å². The Balaban J connectivity index is 1.51. The second-order valence-corrected chi connectivity index (χ2v) is 9.56. The molecule has 1 saturated carbocycles. The van der Waals surface area contributed by atoms with Gasteiger partial charge in [0.05, 0.1) is 11.7 Å². The lowest BCUT2D eigenvalue weighted by Gasteiger charge is -2.41. The molecule has 2 atom stereocenters. The maximum atomic E-state index is 14.7. The number of benzene rings is 2. The van der Waals surface area contributed by atoms with E-state index in [1.807, 2.05) is 0 Å². The van der Waals surface area contributed by atoms with Crippen LogP contribution in [0.1, 0.15) is 56.6 Å². The molecule has 2 aromatic carbocycles. The van der Waals surface area contributed by atoms with Crippen molar-refractivity contribution in [2.75, 3.05) is 6.61 Å². The van der Waals surface area contributed by atoms with Crippen LogP contribution in [0.4, 0.5) is 30.7 Å². The van der Waals surface area contributed by atoms with Crippen LogP contribution in [0.5, 0.6) is 5.75 Å². The minimum Gasteiger partial charge on any atom is -0.429 e. The van der Waals surface area contributed by atoms with Gasteiger partial charge in [-0.3, -0.25) is 0 Å². The fourth-order valence-corrected chi connectivity index (χ4v) is 4.96. The topological polar surface area (TPSA) is 38.7 Å². The SMILES string of the molecule is CC1CCC(C2CCC(O)(c3cc(F)c(C(F)(F)Oc4cc(F)c(F)c(F)c4)c(F)c3)CC2)OC1. The lowest BCUT2D eigenvalue weighted by atomic mass is 9.72. The van der Waals surface area contributed by atoms with E-state index in [1.54, 1.807) is 0 Å². The Morgan fingerprint density at radius 3 is 1.97 bits per heavy atom. The molecule has 1 aliphatic heterocycles. The van der Waals surface area contributed by atoms with Crippen molar-refractivity contribution in [3.8, 4) is 5.75 Å². The highest BCUT2D eigenvalue weighted by Crippen LogP contribution is 2.44. The average molecular weight is 506 g/mol. The first-order chi connectivity index (χ1) is 16.4. The summed E-state index contributed by atoms with van der Waals surface area (Å²) in [5.74, 6) is -9.41. The first-order valence-corrected chi connectivity index (χ1v) is 11.4. The molecule has 2 unspecified atom stereocenters. The van der Waals surface area contributed by atoms with E-state index in [-0.39, 0.29) is 42.6 Å². The van der Waals surface area contributed by atoms with Gasteiger partial charge in [0.15, 0.2) is 17.5 Å². The van der Waals surface area contributed by atoms with Gasteiger partial charge in [-0.1, -0.05) is 6.92 Å². The summed E-state index contributed by atoms with van der Waals surface area (Å²) in [5, 5.41) is 11.1. The largest absolute Gasteiger partial charge is 0.432 e. The van der Waals surface area contributed by atoms with E-state index in [2.05, 4.69) is 11.7 Å². The van der Waals surface area contributed by atoms with Gasteiger partial charge in [-0.2, -0.15) is 8.78 Å². The molecule has 0 amide bonds. The van der Waals surface area contributed by atoms with Gasteiger partial charge in [-0.25, -0.2) is 22.0 Å². The smallest absolute Gasteiger partial charge is 0.429 e. The van der Waals surface area contributed by atoms with E-state index in [0.717, 1.165) is 12.8 Å². The second-order valence-electron chi connectivity index (χ2n) is 9.56. The van der Waals surface area contributed by atoms with Crippen LogP contribution in [0, 0.1) is 40.9 Å². The second kappa shape index (κ2) is 9.61. The van der Waals surface area contributed by atoms with Gasteiger partial charge < -0.3 is 14.6 Å². The van der Waals surface area contributed by atoms with Crippen molar-refractivity contribution in [1.82, 2.24) is 0 Å². The van der Waals surface area contributed by atoms with Crippen molar-refractivity contribution in [3.63, 3.8) is 0 Å². The number of hydrogen-bond donors (Lipinski definition) is 1. The van der Waals surface area contributed by atoms with Crippen LogP contribution in [-0.4, -0.2) is 17.8 Å². The minimum atomic E-state index is -4.68. The summed E-state index contributed by atoms with van der Waals surface area (Å²) in [7, 11) is 0. The first kappa shape index (κ1) is 25.8. The molecule has 0 aromatic heterocycles. The maximum Gasteiger partial charge on any atom is 0.432 e. The summed E-state index contributed by atoms with van der Waals surface area (Å²) >= 11 is 0. The minimum absolute atomic E-state index is 0.0589. The molecule has 4 rings (SSSR count). The quantitative estimate of drug-likeness (QED) is 0.362. The van der Waals surface area contributed by atoms with Crippen LogP contribution in [0.25, 0.3) is 0 Å². The van der Waals surface area contributed by atoms with E-state index in [1.165, 1.54) is 0 Å². The van der Waals surface area contributed by atoms with Crippen LogP contribution in [0.2, 0.25) is 0 Å². The predicted octanol–water partition coefficient (Wildman–Crippen LogP) is 6.70.